The number of halogens is 1. The normalized spacial score (nSPS) is 14.5. The van der Waals surface area contributed by atoms with Crippen molar-refractivity contribution in [3.8, 4) is 0 Å². The maximum Gasteiger partial charge on any atom is 0.120 e. The predicted molar refractivity (Wildman–Crippen MR) is 72.8 cm³/mol. The molecule has 2 nitrogen and oxygen atoms in total. The molecule has 1 aromatic carbocycles. The first-order valence-corrected chi connectivity index (χ1v) is 6.51. The van der Waals surface area contributed by atoms with Gasteiger partial charge in [0.15, 0.2) is 0 Å². The van der Waals surface area contributed by atoms with Gasteiger partial charge in [-0.05, 0) is 37.6 Å². The van der Waals surface area contributed by atoms with Crippen LogP contribution < -0.4 is 5.32 Å². The predicted octanol–water partition coefficient (Wildman–Crippen LogP) is 4.45. The Bertz CT molecular complexity index is 467. The fourth-order valence-corrected chi connectivity index (χ4v) is 2.54. The molecule has 0 amide bonds. The summed E-state index contributed by atoms with van der Waals surface area (Å²) < 4.78 is 6.52. The summed E-state index contributed by atoms with van der Waals surface area (Å²) in [7, 11) is 0. The van der Waals surface area contributed by atoms with Crippen molar-refractivity contribution in [3.63, 3.8) is 0 Å². The van der Waals surface area contributed by atoms with Crippen LogP contribution in [0, 0.1) is 0 Å². The van der Waals surface area contributed by atoms with E-state index in [0.717, 1.165) is 10.2 Å². The van der Waals surface area contributed by atoms with Gasteiger partial charge < -0.3 is 9.73 Å². The van der Waals surface area contributed by atoms with Gasteiger partial charge in [0.25, 0.3) is 0 Å². The van der Waals surface area contributed by atoms with E-state index < -0.39 is 0 Å². The number of hydrogen-bond acceptors (Lipinski definition) is 2. The van der Waals surface area contributed by atoms with Crippen LogP contribution in [0.5, 0.6) is 0 Å². The number of nitrogens with one attached hydrogen (secondary N) is 1. The molecule has 0 fully saturated rings. The molecule has 0 saturated carbocycles. The molecule has 0 aliphatic rings. The Morgan fingerprint density at radius 1 is 1.06 bits per heavy atom. The van der Waals surface area contributed by atoms with Gasteiger partial charge in [0.1, 0.15) is 5.76 Å². The molecule has 1 N–H and O–H groups in total. The molecule has 90 valence electrons. The van der Waals surface area contributed by atoms with E-state index in [1.165, 1.54) is 5.56 Å². The van der Waals surface area contributed by atoms with E-state index in [0.29, 0.717) is 0 Å². The third-order valence-corrected chi connectivity index (χ3v) is 3.56. The van der Waals surface area contributed by atoms with Crippen molar-refractivity contribution in [2.75, 3.05) is 0 Å². The van der Waals surface area contributed by atoms with Gasteiger partial charge in [-0.1, -0.05) is 34.1 Å². The Hall–Kier alpha value is -1.06. The van der Waals surface area contributed by atoms with E-state index in [-0.39, 0.29) is 12.1 Å². The van der Waals surface area contributed by atoms with E-state index >= 15 is 0 Å². The highest BCUT2D eigenvalue weighted by molar-refractivity contribution is 9.10. The van der Waals surface area contributed by atoms with Gasteiger partial charge >= 0.3 is 0 Å². The van der Waals surface area contributed by atoms with Crippen LogP contribution in [-0.4, -0.2) is 0 Å². The molecule has 2 rings (SSSR count). The van der Waals surface area contributed by atoms with Crippen LogP contribution in [0.3, 0.4) is 0 Å². The Labute approximate surface area is 110 Å². The lowest BCUT2D eigenvalue weighted by Crippen LogP contribution is -2.22. The van der Waals surface area contributed by atoms with Crippen LogP contribution in [0.25, 0.3) is 0 Å². The molecule has 0 aliphatic carbocycles. The number of benzene rings is 1. The molecule has 0 aliphatic heterocycles. The van der Waals surface area contributed by atoms with Crippen molar-refractivity contribution in [2.24, 2.45) is 0 Å². The number of furan rings is 1. The van der Waals surface area contributed by atoms with Gasteiger partial charge in [0, 0.05) is 10.5 Å². The highest BCUT2D eigenvalue weighted by Crippen LogP contribution is 2.25. The summed E-state index contributed by atoms with van der Waals surface area (Å²) in [5.74, 6) is 0.962. The van der Waals surface area contributed by atoms with Crippen molar-refractivity contribution in [1.29, 1.82) is 0 Å². The highest BCUT2D eigenvalue weighted by Gasteiger charge is 2.14. The molecule has 1 unspecified atom stereocenters. The fourth-order valence-electron chi connectivity index (χ4n) is 1.91. The van der Waals surface area contributed by atoms with Crippen molar-refractivity contribution >= 4 is 15.9 Å². The van der Waals surface area contributed by atoms with Crippen LogP contribution >= 0.6 is 15.9 Å². The Morgan fingerprint density at radius 3 is 2.47 bits per heavy atom. The van der Waals surface area contributed by atoms with Gasteiger partial charge in [0.2, 0.25) is 0 Å². The molecule has 1 heterocycles. The first kappa shape index (κ1) is 12.4. The molecule has 0 spiro atoms. The van der Waals surface area contributed by atoms with Gasteiger partial charge in [-0.2, -0.15) is 0 Å². The Balaban J connectivity index is 2.07. The second-order valence-corrected chi connectivity index (χ2v) is 5.00. The largest absolute Gasteiger partial charge is 0.468 e. The molecular formula is C14H16BrNO. The van der Waals surface area contributed by atoms with E-state index in [2.05, 4.69) is 53.3 Å². The summed E-state index contributed by atoms with van der Waals surface area (Å²) in [5.41, 5.74) is 1.26. The summed E-state index contributed by atoms with van der Waals surface area (Å²) in [5, 5.41) is 3.52. The lowest BCUT2D eigenvalue weighted by atomic mass is 10.1. The first-order valence-electron chi connectivity index (χ1n) is 5.72. The number of hydrogen-bond donors (Lipinski definition) is 1. The van der Waals surface area contributed by atoms with Crippen molar-refractivity contribution < 1.29 is 4.42 Å². The monoisotopic (exact) mass is 293 g/mol. The number of rotatable bonds is 4. The highest BCUT2D eigenvalue weighted by atomic mass is 79.9. The second kappa shape index (κ2) is 5.52. The molecule has 0 radical (unpaired) electrons. The topological polar surface area (TPSA) is 25.2 Å². The summed E-state index contributed by atoms with van der Waals surface area (Å²) >= 11 is 3.57. The lowest BCUT2D eigenvalue weighted by molar-refractivity contribution is 0.402. The van der Waals surface area contributed by atoms with Crippen molar-refractivity contribution in [2.45, 2.75) is 25.9 Å². The first-order chi connectivity index (χ1) is 8.18. The quantitative estimate of drug-likeness (QED) is 0.901. The van der Waals surface area contributed by atoms with Crippen LogP contribution in [0.2, 0.25) is 0 Å². The maximum absolute atomic E-state index is 5.39. The van der Waals surface area contributed by atoms with Crippen LogP contribution in [0.4, 0.5) is 0 Å². The fraction of sp³-hybridized carbons (Fsp3) is 0.286. The standard InChI is InChI=1S/C14H16BrNO/c1-10(12-6-3-4-7-13(12)15)16-11(2)14-8-5-9-17-14/h3-11,16H,1-2H3/t10?,11-/m1/s1. The molecule has 0 bridgehead atoms. The third kappa shape index (κ3) is 2.99. The van der Waals surface area contributed by atoms with Crippen LogP contribution in [-0.2, 0) is 0 Å². The molecular weight excluding hydrogens is 278 g/mol. The zero-order valence-corrected chi connectivity index (χ0v) is 11.6. The molecule has 3 heteroatoms. The van der Waals surface area contributed by atoms with Crippen molar-refractivity contribution in [3.05, 3.63) is 58.5 Å². The average molecular weight is 294 g/mol. The van der Waals surface area contributed by atoms with Crippen LogP contribution in [0.1, 0.15) is 37.3 Å². The Morgan fingerprint density at radius 2 is 1.82 bits per heavy atom. The molecule has 0 saturated heterocycles. The summed E-state index contributed by atoms with van der Waals surface area (Å²) in [6.45, 7) is 4.26. The summed E-state index contributed by atoms with van der Waals surface area (Å²) in [6.07, 6.45) is 1.70. The van der Waals surface area contributed by atoms with E-state index in [1.54, 1.807) is 6.26 Å². The van der Waals surface area contributed by atoms with Crippen molar-refractivity contribution in [1.82, 2.24) is 5.32 Å². The molecule has 1 aromatic heterocycles. The zero-order valence-electron chi connectivity index (χ0n) is 9.98. The summed E-state index contributed by atoms with van der Waals surface area (Å²) in [4.78, 5) is 0. The molecule has 2 aromatic rings. The van der Waals surface area contributed by atoms with Gasteiger partial charge in [0.05, 0.1) is 12.3 Å². The minimum absolute atomic E-state index is 0.201. The maximum atomic E-state index is 5.39. The third-order valence-electron chi connectivity index (χ3n) is 2.84. The Kier molecular flexibility index (Phi) is 4.02. The summed E-state index contributed by atoms with van der Waals surface area (Å²) in [6, 6.07) is 12.6. The molecule has 2 atom stereocenters. The van der Waals surface area contributed by atoms with Gasteiger partial charge in [-0.15, -0.1) is 0 Å². The SMILES string of the molecule is CC(N[C@H](C)c1ccco1)c1ccccc1Br. The minimum Gasteiger partial charge on any atom is -0.468 e. The lowest BCUT2D eigenvalue weighted by Gasteiger charge is -2.19. The molecule has 17 heavy (non-hydrogen) atoms. The average Bonchev–Trinajstić information content (AvgIpc) is 2.82. The van der Waals surface area contributed by atoms with Gasteiger partial charge in [-0.3, -0.25) is 0 Å². The van der Waals surface area contributed by atoms with E-state index in [1.807, 2.05) is 18.2 Å². The van der Waals surface area contributed by atoms with Crippen LogP contribution in [0.15, 0.2) is 51.6 Å². The smallest absolute Gasteiger partial charge is 0.120 e. The zero-order chi connectivity index (χ0) is 12.3. The minimum atomic E-state index is 0.201. The second-order valence-electron chi connectivity index (χ2n) is 4.15. The van der Waals surface area contributed by atoms with E-state index in [9.17, 15) is 0 Å². The van der Waals surface area contributed by atoms with E-state index in [4.69, 9.17) is 4.42 Å². The van der Waals surface area contributed by atoms with Gasteiger partial charge in [-0.25, -0.2) is 0 Å².